The van der Waals surface area contributed by atoms with E-state index in [0.29, 0.717) is 10.9 Å². The van der Waals surface area contributed by atoms with Gasteiger partial charge < -0.3 is 9.73 Å². The summed E-state index contributed by atoms with van der Waals surface area (Å²) in [7, 11) is 0. The number of nitrogens with one attached hydrogen (secondary N) is 1. The third-order valence-corrected chi connectivity index (χ3v) is 6.03. The number of ketones is 1. The maximum atomic E-state index is 11.8. The van der Waals surface area contributed by atoms with Crippen molar-refractivity contribution in [2.75, 3.05) is 5.33 Å². The van der Waals surface area contributed by atoms with Crippen molar-refractivity contribution in [2.24, 2.45) is 5.41 Å². The molecular weight excluding hydrogens is 362 g/mol. The predicted octanol–water partition coefficient (Wildman–Crippen LogP) is 5.02. The van der Waals surface area contributed by atoms with E-state index < -0.39 is 0 Å². The van der Waals surface area contributed by atoms with E-state index >= 15 is 0 Å². The molecule has 0 amide bonds. The van der Waals surface area contributed by atoms with Gasteiger partial charge in [-0.3, -0.25) is 4.79 Å². The molecule has 0 fully saturated rings. The average molecular weight is 380 g/mol. The van der Waals surface area contributed by atoms with Gasteiger partial charge in [-0.1, -0.05) is 48.5 Å². The first-order chi connectivity index (χ1) is 10.4. The molecule has 0 spiro atoms. The van der Waals surface area contributed by atoms with Crippen LogP contribution < -0.4 is 5.32 Å². The Morgan fingerprint density at radius 1 is 1.36 bits per heavy atom. The predicted molar refractivity (Wildman–Crippen MR) is 95.3 cm³/mol. The quantitative estimate of drug-likeness (QED) is 0.600. The van der Waals surface area contributed by atoms with Crippen LogP contribution in [0, 0.1) is 5.41 Å². The summed E-state index contributed by atoms with van der Waals surface area (Å²) < 4.78 is 6.10. The number of rotatable bonds is 3. The minimum absolute atomic E-state index is 0.0381. The van der Waals surface area contributed by atoms with Gasteiger partial charge in [0.15, 0.2) is 10.7 Å². The summed E-state index contributed by atoms with van der Waals surface area (Å²) in [6, 6.07) is 7.63. The Morgan fingerprint density at radius 3 is 2.73 bits per heavy atom. The largest absolute Gasteiger partial charge is 0.458 e. The smallest absolute Gasteiger partial charge is 0.173 e. The van der Waals surface area contributed by atoms with E-state index in [9.17, 15) is 4.79 Å². The number of fused-ring (bicyclic) bond motifs is 1. The van der Waals surface area contributed by atoms with Crippen LogP contribution in [0.1, 0.15) is 36.9 Å². The second-order valence-electron chi connectivity index (χ2n) is 6.42. The van der Waals surface area contributed by atoms with Crippen LogP contribution in [-0.4, -0.2) is 11.1 Å². The molecule has 2 heterocycles. The summed E-state index contributed by atoms with van der Waals surface area (Å²) in [6.07, 6.45) is 1.96. The molecule has 1 aliphatic heterocycles. The highest BCUT2D eigenvalue weighted by Gasteiger charge is 2.47. The molecule has 1 unspecified atom stereocenters. The Bertz CT molecular complexity index is 750. The van der Waals surface area contributed by atoms with Gasteiger partial charge >= 0.3 is 0 Å². The highest BCUT2D eigenvalue weighted by molar-refractivity contribution is 9.09. The van der Waals surface area contributed by atoms with E-state index in [2.05, 4.69) is 47.4 Å². The molecule has 1 atom stereocenters. The highest BCUT2D eigenvalue weighted by atomic mass is 79.9. The van der Waals surface area contributed by atoms with Gasteiger partial charge in [-0.15, -0.1) is 0 Å². The van der Waals surface area contributed by atoms with Gasteiger partial charge in [-0.2, -0.15) is 0 Å². The standard InChI is InChI=1S/C17H18BrNO2S/c1-16(2,3)17(19-6-7-22-17)15-9-12-8-11(13(20)10-18)4-5-14(12)21-15/h4-9,19H,10H2,1-3H3. The van der Waals surface area contributed by atoms with Crippen molar-refractivity contribution in [1.82, 2.24) is 5.32 Å². The number of furan rings is 1. The molecule has 1 aromatic carbocycles. The molecule has 0 saturated heterocycles. The Kier molecular flexibility index (Phi) is 3.89. The van der Waals surface area contributed by atoms with Crippen LogP contribution in [-0.2, 0) is 4.87 Å². The molecule has 0 saturated carbocycles. The van der Waals surface area contributed by atoms with Crippen LogP contribution in [0.15, 0.2) is 40.3 Å². The number of hydrogen-bond acceptors (Lipinski definition) is 4. The molecule has 0 aliphatic carbocycles. The van der Waals surface area contributed by atoms with Crippen molar-refractivity contribution >= 4 is 44.4 Å². The van der Waals surface area contributed by atoms with Crippen molar-refractivity contribution in [3.8, 4) is 0 Å². The van der Waals surface area contributed by atoms with Gasteiger partial charge in [0.2, 0.25) is 0 Å². The zero-order valence-electron chi connectivity index (χ0n) is 12.8. The minimum Gasteiger partial charge on any atom is -0.458 e. The average Bonchev–Trinajstić information content (AvgIpc) is 3.11. The third kappa shape index (κ3) is 2.40. The topological polar surface area (TPSA) is 42.2 Å². The molecule has 0 radical (unpaired) electrons. The molecule has 1 N–H and O–H groups in total. The van der Waals surface area contributed by atoms with Gasteiger partial charge in [0.25, 0.3) is 0 Å². The molecule has 3 nitrogen and oxygen atoms in total. The number of alkyl halides is 1. The number of benzene rings is 1. The molecule has 0 bridgehead atoms. The molecule has 5 heteroatoms. The molecular formula is C17H18BrNO2S. The first-order valence-electron chi connectivity index (χ1n) is 7.11. The second-order valence-corrected chi connectivity index (χ2v) is 8.10. The van der Waals surface area contributed by atoms with Gasteiger partial charge in [-0.25, -0.2) is 0 Å². The number of Topliss-reactive ketones (excluding diaryl/α,β-unsaturated/α-hetero) is 1. The number of carbonyl (C=O) groups excluding carboxylic acids is 1. The molecule has 1 aliphatic rings. The first kappa shape index (κ1) is 15.7. The Morgan fingerprint density at radius 2 is 2.14 bits per heavy atom. The fraction of sp³-hybridized carbons (Fsp3) is 0.353. The Labute approximate surface area is 142 Å². The fourth-order valence-electron chi connectivity index (χ4n) is 2.68. The number of thioether (sulfide) groups is 1. The van der Waals surface area contributed by atoms with Crippen LogP contribution in [0.5, 0.6) is 0 Å². The van der Waals surface area contributed by atoms with Crippen LogP contribution in [0.3, 0.4) is 0 Å². The van der Waals surface area contributed by atoms with E-state index in [1.165, 1.54) is 0 Å². The lowest BCUT2D eigenvalue weighted by atomic mass is 9.84. The maximum Gasteiger partial charge on any atom is 0.173 e. The Hall–Kier alpha value is -1.20. The summed E-state index contributed by atoms with van der Waals surface area (Å²) in [4.78, 5) is 11.5. The van der Waals surface area contributed by atoms with Crippen LogP contribution >= 0.6 is 27.7 Å². The summed E-state index contributed by atoms with van der Waals surface area (Å²) in [6.45, 7) is 6.56. The molecule has 1 aromatic heterocycles. The lowest BCUT2D eigenvalue weighted by molar-refractivity contribution is 0.102. The van der Waals surface area contributed by atoms with E-state index in [0.717, 1.165) is 16.7 Å². The second kappa shape index (κ2) is 5.46. The van der Waals surface area contributed by atoms with Crippen LogP contribution in [0.2, 0.25) is 0 Å². The summed E-state index contributed by atoms with van der Waals surface area (Å²) >= 11 is 4.93. The molecule has 22 heavy (non-hydrogen) atoms. The van der Waals surface area contributed by atoms with E-state index in [1.807, 2.05) is 30.5 Å². The van der Waals surface area contributed by atoms with Crippen molar-refractivity contribution in [1.29, 1.82) is 0 Å². The Balaban J connectivity index is 2.10. The van der Waals surface area contributed by atoms with E-state index in [4.69, 9.17) is 4.42 Å². The zero-order chi connectivity index (χ0) is 16.0. The summed E-state index contributed by atoms with van der Waals surface area (Å²) in [5.41, 5.74) is 1.47. The lowest BCUT2D eigenvalue weighted by Crippen LogP contribution is -2.44. The van der Waals surface area contributed by atoms with Crippen LogP contribution in [0.25, 0.3) is 11.0 Å². The fourth-order valence-corrected chi connectivity index (χ4v) is 4.05. The van der Waals surface area contributed by atoms with Gasteiger partial charge in [0, 0.05) is 22.6 Å². The third-order valence-electron chi connectivity index (χ3n) is 3.96. The molecule has 3 rings (SSSR count). The van der Waals surface area contributed by atoms with Crippen molar-refractivity contribution in [3.63, 3.8) is 0 Å². The number of halogens is 1. The first-order valence-corrected chi connectivity index (χ1v) is 9.11. The minimum atomic E-state index is -0.328. The SMILES string of the molecule is CC(C)(C)C1(c2cc3cc(C(=O)CBr)ccc3o2)NC=CS1. The number of carbonyl (C=O) groups is 1. The highest BCUT2D eigenvalue weighted by Crippen LogP contribution is 2.52. The van der Waals surface area contributed by atoms with Gasteiger partial charge in [-0.05, 0) is 29.7 Å². The zero-order valence-corrected chi connectivity index (χ0v) is 15.2. The van der Waals surface area contributed by atoms with Gasteiger partial charge in [0.1, 0.15) is 11.3 Å². The summed E-state index contributed by atoms with van der Waals surface area (Å²) in [5, 5.41) is 6.79. The number of hydrogen-bond donors (Lipinski definition) is 1. The van der Waals surface area contributed by atoms with Crippen molar-refractivity contribution < 1.29 is 9.21 Å². The van der Waals surface area contributed by atoms with Crippen molar-refractivity contribution in [2.45, 2.75) is 25.6 Å². The summed E-state index contributed by atoms with van der Waals surface area (Å²) in [5.74, 6) is 0.957. The van der Waals surface area contributed by atoms with Crippen molar-refractivity contribution in [3.05, 3.63) is 47.2 Å². The maximum absolute atomic E-state index is 11.8. The van der Waals surface area contributed by atoms with Gasteiger partial charge in [0.05, 0.1) is 5.33 Å². The molecule has 116 valence electrons. The van der Waals surface area contributed by atoms with Crippen LogP contribution in [0.4, 0.5) is 0 Å². The monoisotopic (exact) mass is 379 g/mol. The van der Waals surface area contributed by atoms with E-state index in [-0.39, 0.29) is 16.1 Å². The normalized spacial score (nSPS) is 21.3. The molecule has 2 aromatic rings. The van der Waals surface area contributed by atoms with E-state index in [1.54, 1.807) is 11.8 Å². The lowest BCUT2D eigenvalue weighted by Gasteiger charge is -2.39.